The van der Waals surface area contributed by atoms with Crippen molar-refractivity contribution in [2.45, 2.75) is 41.0 Å². The molecule has 2 N–H and O–H groups in total. The van der Waals surface area contributed by atoms with Gasteiger partial charge in [-0.15, -0.1) is 0 Å². The van der Waals surface area contributed by atoms with Gasteiger partial charge < -0.3 is 24.7 Å². The topological polar surface area (TPSA) is 62.9 Å². The third-order valence-electron chi connectivity index (χ3n) is 4.79. The van der Waals surface area contributed by atoms with Crippen LogP contribution in [0.4, 0.5) is 0 Å². The summed E-state index contributed by atoms with van der Waals surface area (Å²) in [7, 11) is 1.65. The van der Waals surface area contributed by atoms with Crippen molar-refractivity contribution in [3.05, 3.63) is 65.2 Å². The van der Waals surface area contributed by atoms with Gasteiger partial charge in [-0.3, -0.25) is 0 Å². The Bertz CT molecular complexity index is 765. The Morgan fingerprint density at radius 2 is 1.93 bits per heavy atom. The van der Waals surface area contributed by atoms with Crippen LogP contribution >= 0.6 is 23.4 Å². The van der Waals surface area contributed by atoms with Crippen LogP contribution in [-0.2, 0) is 18.9 Å². The predicted molar refractivity (Wildman–Crippen MR) is 105 cm³/mol. The third kappa shape index (κ3) is 4.17. The quantitative estimate of drug-likeness (QED) is 0.835. The minimum atomic E-state index is -0.447. The number of halogens is 1. The molecule has 27 heavy (non-hydrogen) atoms. The number of thioether (sulfide) groups is 1. The van der Waals surface area contributed by atoms with Crippen molar-refractivity contribution < 1.29 is 18.9 Å². The van der Waals surface area contributed by atoms with Gasteiger partial charge in [0.1, 0.15) is 23.7 Å². The first-order valence-electron chi connectivity index (χ1n) is 8.84. The van der Waals surface area contributed by atoms with Crippen molar-refractivity contribution in [3.63, 3.8) is 0 Å². The number of rotatable bonds is 4. The van der Waals surface area contributed by atoms with Crippen molar-refractivity contribution >= 4 is 23.4 Å². The summed E-state index contributed by atoms with van der Waals surface area (Å²) in [5.74, 6) is 0. The van der Waals surface area contributed by atoms with E-state index in [1.807, 2.05) is 54.6 Å². The van der Waals surface area contributed by atoms with Gasteiger partial charge in [-0.1, -0.05) is 59.8 Å². The number of fused-ring (bicyclic) bond motifs is 1. The second kappa shape index (κ2) is 8.49. The van der Waals surface area contributed by atoms with E-state index < -0.39 is 6.29 Å². The molecule has 2 heterocycles. The number of benzene rings is 2. The van der Waals surface area contributed by atoms with Gasteiger partial charge in [0.2, 0.25) is 0 Å². The molecule has 0 radical (unpaired) electrons. The van der Waals surface area contributed by atoms with E-state index in [2.05, 4.69) is 0 Å². The molecule has 0 aromatic heterocycles. The average Bonchev–Trinajstić information content (AvgIpc) is 2.69. The molecule has 6 unspecified atom stereocenters. The molecule has 2 fully saturated rings. The molecule has 2 aromatic carbocycles. The summed E-state index contributed by atoms with van der Waals surface area (Å²) in [6, 6.07) is 17.1. The van der Waals surface area contributed by atoms with Crippen LogP contribution in [0.25, 0.3) is 0 Å². The molecular weight excluding hydrogens is 386 g/mol. The van der Waals surface area contributed by atoms with Gasteiger partial charge in [0.05, 0.1) is 12.6 Å². The zero-order chi connectivity index (χ0) is 18.8. The standard InChI is InChI=1S/C20H22ClNO4S/c1-23-18-16(22)17-15(11-24-19(26-17)12-6-3-2-4-7-12)25-20(18)27-14-9-5-8-13(21)10-14/h2-10,15-20H,11,22H2,1H3. The summed E-state index contributed by atoms with van der Waals surface area (Å²) >= 11 is 7.64. The van der Waals surface area contributed by atoms with Gasteiger partial charge in [0, 0.05) is 22.6 Å². The molecule has 2 aromatic rings. The predicted octanol–water partition coefficient (Wildman–Crippen LogP) is 3.61. The van der Waals surface area contributed by atoms with Crippen LogP contribution in [0.3, 0.4) is 0 Å². The molecule has 5 nitrogen and oxygen atoms in total. The zero-order valence-electron chi connectivity index (χ0n) is 14.9. The molecule has 2 aliphatic rings. The van der Waals surface area contributed by atoms with E-state index >= 15 is 0 Å². The molecule has 2 saturated heterocycles. The largest absolute Gasteiger partial charge is 0.376 e. The van der Waals surface area contributed by atoms with E-state index in [0.717, 1.165) is 10.5 Å². The van der Waals surface area contributed by atoms with E-state index in [0.29, 0.717) is 11.6 Å². The van der Waals surface area contributed by atoms with Crippen molar-refractivity contribution in [3.8, 4) is 0 Å². The molecule has 144 valence electrons. The first-order chi connectivity index (χ1) is 13.2. The lowest BCUT2D eigenvalue weighted by Gasteiger charge is -2.48. The molecule has 0 saturated carbocycles. The molecule has 7 heteroatoms. The summed E-state index contributed by atoms with van der Waals surface area (Å²) in [6.07, 6.45) is -1.31. The monoisotopic (exact) mass is 407 g/mol. The van der Waals surface area contributed by atoms with E-state index in [-0.39, 0.29) is 29.8 Å². The highest BCUT2D eigenvalue weighted by atomic mass is 35.5. The van der Waals surface area contributed by atoms with Crippen LogP contribution in [0, 0.1) is 0 Å². The lowest BCUT2D eigenvalue weighted by molar-refractivity contribution is -0.298. The molecule has 6 atom stereocenters. The Morgan fingerprint density at radius 3 is 2.67 bits per heavy atom. The van der Waals surface area contributed by atoms with Crippen LogP contribution in [0.5, 0.6) is 0 Å². The lowest BCUT2D eigenvalue weighted by Crippen LogP contribution is -2.64. The number of methoxy groups -OCH3 is 1. The van der Waals surface area contributed by atoms with E-state index in [4.69, 9.17) is 36.3 Å². The Kier molecular flexibility index (Phi) is 6.04. The number of nitrogens with two attached hydrogens (primary N) is 1. The Labute approximate surface area is 168 Å². The molecule has 0 aliphatic carbocycles. The molecule has 2 aliphatic heterocycles. The zero-order valence-corrected chi connectivity index (χ0v) is 16.4. The van der Waals surface area contributed by atoms with Crippen molar-refractivity contribution in [1.29, 1.82) is 0 Å². The van der Waals surface area contributed by atoms with Crippen LogP contribution in [0.1, 0.15) is 11.9 Å². The first-order valence-corrected chi connectivity index (χ1v) is 10.1. The maximum atomic E-state index is 6.53. The highest BCUT2D eigenvalue weighted by Crippen LogP contribution is 2.39. The fraction of sp³-hybridized carbons (Fsp3) is 0.400. The Hall–Kier alpha value is -1.12. The first kappa shape index (κ1) is 19.2. The van der Waals surface area contributed by atoms with Crippen LogP contribution < -0.4 is 5.73 Å². The maximum Gasteiger partial charge on any atom is 0.184 e. The van der Waals surface area contributed by atoms with Crippen molar-refractivity contribution in [2.75, 3.05) is 13.7 Å². The normalized spacial score (nSPS) is 33.4. The maximum absolute atomic E-state index is 6.53. The van der Waals surface area contributed by atoms with E-state index in [9.17, 15) is 0 Å². The minimum absolute atomic E-state index is 0.247. The van der Waals surface area contributed by atoms with Gasteiger partial charge >= 0.3 is 0 Å². The van der Waals surface area contributed by atoms with E-state index in [1.54, 1.807) is 18.9 Å². The van der Waals surface area contributed by atoms with Crippen LogP contribution in [-0.4, -0.2) is 43.5 Å². The van der Waals surface area contributed by atoms with E-state index in [1.165, 1.54) is 0 Å². The average molecular weight is 408 g/mol. The highest BCUT2D eigenvalue weighted by Gasteiger charge is 2.48. The minimum Gasteiger partial charge on any atom is -0.376 e. The molecule has 4 rings (SSSR count). The molecule has 0 spiro atoms. The molecule has 0 amide bonds. The highest BCUT2D eigenvalue weighted by molar-refractivity contribution is 7.99. The van der Waals surface area contributed by atoms with Gasteiger partial charge in [-0.2, -0.15) is 0 Å². The van der Waals surface area contributed by atoms with Gasteiger partial charge in [-0.25, -0.2) is 0 Å². The van der Waals surface area contributed by atoms with Gasteiger partial charge in [0.15, 0.2) is 6.29 Å². The van der Waals surface area contributed by atoms with Gasteiger partial charge in [0.25, 0.3) is 0 Å². The summed E-state index contributed by atoms with van der Waals surface area (Å²) in [4.78, 5) is 1.00. The summed E-state index contributed by atoms with van der Waals surface area (Å²) in [5, 5.41) is 0.682. The van der Waals surface area contributed by atoms with Crippen molar-refractivity contribution in [1.82, 2.24) is 0 Å². The van der Waals surface area contributed by atoms with Crippen molar-refractivity contribution in [2.24, 2.45) is 5.73 Å². The summed E-state index contributed by atoms with van der Waals surface area (Å²) in [5.41, 5.74) is 7.23. The number of ether oxygens (including phenoxy) is 4. The smallest absolute Gasteiger partial charge is 0.184 e. The SMILES string of the molecule is COC1C(Sc2cccc(Cl)c2)OC2COC(c3ccccc3)OC2C1N. The number of hydrogen-bond donors (Lipinski definition) is 1. The third-order valence-corrected chi connectivity index (χ3v) is 6.16. The lowest BCUT2D eigenvalue weighted by atomic mass is 9.97. The molecule has 0 bridgehead atoms. The second-order valence-electron chi connectivity index (χ2n) is 6.57. The molecular formula is C20H22ClNO4S. The number of hydrogen-bond acceptors (Lipinski definition) is 6. The van der Waals surface area contributed by atoms with Gasteiger partial charge in [-0.05, 0) is 18.2 Å². The fourth-order valence-corrected chi connectivity index (χ4v) is 4.94. The van der Waals surface area contributed by atoms with Crippen LogP contribution in [0.15, 0.2) is 59.5 Å². The second-order valence-corrected chi connectivity index (χ2v) is 8.18. The Morgan fingerprint density at radius 1 is 1.11 bits per heavy atom. The fourth-order valence-electron chi connectivity index (χ4n) is 3.44. The van der Waals surface area contributed by atoms with Crippen LogP contribution in [0.2, 0.25) is 5.02 Å². The summed E-state index contributed by atoms with van der Waals surface area (Å²) < 4.78 is 24.0. The summed E-state index contributed by atoms with van der Waals surface area (Å²) in [6.45, 7) is 0.418. The Balaban J connectivity index is 1.49.